The van der Waals surface area contributed by atoms with Crippen LogP contribution in [0.15, 0.2) is 33.9 Å². The molecule has 0 unspecified atom stereocenters. The smallest absolute Gasteiger partial charge is 0.240 e. The average molecular weight is 331 g/mol. The number of rotatable bonds is 5. The predicted molar refractivity (Wildman–Crippen MR) is 83.8 cm³/mol. The molecule has 0 spiro atoms. The Morgan fingerprint density at radius 2 is 2.15 bits per heavy atom. The molecule has 0 amide bonds. The first-order valence-electron chi connectivity index (χ1n) is 5.96. The van der Waals surface area contributed by atoms with Crippen LogP contribution in [0.1, 0.15) is 11.1 Å². The second kappa shape index (κ2) is 6.13. The molecule has 0 aliphatic heterocycles. The molecule has 1 aromatic carbocycles. The second-order valence-electron chi connectivity index (χ2n) is 4.40. The number of hydrogen-bond donors (Lipinski definition) is 2. The summed E-state index contributed by atoms with van der Waals surface area (Å²) in [4.78, 5) is 0.0934. The van der Waals surface area contributed by atoms with Crippen molar-refractivity contribution < 1.29 is 8.42 Å². The Labute approximate surface area is 127 Å². The number of thiophene rings is 1. The first-order chi connectivity index (χ1) is 9.40. The zero-order valence-electron chi connectivity index (χ0n) is 10.9. The van der Waals surface area contributed by atoms with Crippen molar-refractivity contribution in [3.8, 4) is 0 Å². The van der Waals surface area contributed by atoms with E-state index in [-0.39, 0.29) is 4.90 Å². The van der Waals surface area contributed by atoms with Crippen LogP contribution in [0.4, 0.5) is 5.69 Å². The van der Waals surface area contributed by atoms with Crippen molar-refractivity contribution in [1.29, 1.82) is 0 Å². The van der Waals surface area contributed by atoms with Crippen LogP contribution in [0.2, 0.25) is 5.02 Å². The minimum absolute atomic E-state index is 0.0934. The molecule has 0 saturated carbocycles. The van der Waals surface area contributed by atoms with Gasteiger partial charge in [-0.3, -0.25) is 0 Å². The van der Waals surface area contributed by atoms with Crippen molar-refractivity contribution in [2.75, 3.05) is 12.3 Å². The third kappa shape index (κ3) is 3.52. The van der Waals surface area contributed by atoms with Crippen molar-refractivity contribution in [2.45, 2.75) is 18.2 Å². The van der Waals surface area contributed by atoms with Crippen molar-refractivity contribution in [3.63, 3.8) is 0 Å². The Morgan fingerprint density at radius 1 is 1.40 bits per heavy atom. The van der Waals surface area contributed by atoms with Gasteiger partial charge in [0.15, 0.2) is 0 Å². The summed E-state index contributed by atoms with van der Waals surface area (Å²) >= 11 is 7.56. The Morgan fingerprint density at radius 3 is 2.75 bits per heavy atom. The lowest BCUT2D eigenvalue weighted by Gasteiger charge is -2.09. The number of halogens is 1. The van der Waals surface area contributed by atoms with E-state index >= 15 is 0 Å². The van der Waals surface area contributed by atoms with Gasteiger partial charge in [-0.05, 0) is 53.4 Å². The highest BCUT2D eigenvalue weighted by Gasteiger charge is 2.16. The van der Waals surface area contributed by atoms with Crippen molar-refractivity contribution in [3.05, 3.63) is 45.1 Å². The monoisotopic (exact) mass is 330 g/mol. The van der Waals surface area contributed by atoms with Crippen molar-refractivity contribution >= 4 is 38.6 Å². The number of benzene rings is 1. The topological polar surface area (TPSA) is 72.2 Å². The van der Waals surface area contributed by atoms with Crippen LogP contribution in [-0.2, 0) is 16.4 Å². The molecule has 0 radical (unpaired) electrons. The van der Waals surface area contributed by atoms with Gasteiger partial charge < -0.3 is 5.73 Å². The van der Waals surface area contributed by atoms with Crippen LogP contribution in [0.3, 0.4) is 0 Å². The van der Waals surface area contributed by atoms with Crippen LogP contribution >= 0.6 is 22.9 Å². The van der Waals surface area contributed by atoms with E-state index in [0.29, 0.717) is 29.2 Å². The van der Waals surface area contributed by atoms with Gasteiger partial charge in [-0.25, -0.2) is 13.1 Å². The maximum atomic E-state index is 12.2. The summed E-state index contributed by atoms with van der Waals surface area (Å²) in [6.07, 6.45) is 0.651. The lowest BCUT2D eigenvalue weighted by Crippen LogP contribution is -2.26. The van der Waals surface area contributed by atoms with Gasteiger partial charge in [0.2, 0.25) is 10.0 Å². The molecule has 0 bridgehead atoms. The third-order valence-electron chi connectivity index (χ3n) is 2.95. The summed E-state index contributed by atoms with van der Waals surface area (Å²) < 4.78 is 26.9. The Bertz CT molecular complexity index is 674. The zero-order chi connectivity index (χ0) is 14.8. The van der Waals surface area contributed by atoms with Gasteiger partial charge in [0.05, 0.1) is 4.90 Å². The van der Waals surface area contributed by atoms with Gasteiger partial charge in [0, 0.05) is 17.3 Å². The first kappa shape index (κ1) is 15.3. The lowest BCUT2D eigenvalue weighted by atomic mass is 10.2. The summed E-state index contributed by atoms with van der Waals surface area (Å²) in [5, 5.41) is 4.31. The molecule has 1 aromatic heterocycles. The molecule has 20 heavy (non-hydrogen) atoms. The molecule has 2 rings (SSSR count). The molecule has 7 heteroatoms. The fourth-order valence-electron chi connectivity index (χ4n) is 1.68. The minimum Gasteiger partial charge on any atom is -0.398 e. The maximum Gasteiger partial charge on any atom is 0.240 e. The Kier molecular flexibility index (Phi) is 4.70. The van der Waals surface area contributed by atoms with E-state index in [1.165, 1.54) is 12.1 Å². The second-order valence-corrected chi connectivity index (χ2v) is 7.35. The van der Waals surface area contributed by atoms with E-state index in [1.54, 1.807) is 18.3 Å². The quantitative estimate of drug-likeness (QED) is 0.828. The van der Waals surface area contributed by atoms with Crippen LogP contribution < -0.4 is 10.5 Å². The largest absolute Gasteiger partial charge is 0.398 e. The lowest BCUT2D eigenvalue weighted by molar-refractivity contribution is 0.581. The summed E-state index contributed by atoms with van der Waals surface area (Å²) in [6.45, 7) is 2.09. The highest BCUT2D eigenvalue weighted by Crippen LogP contribution is 2.25. The number of sulfonamides is 1. The number of nitrogen functional groups attached to an aromatic ring is 1. The van der Waals surface area contributed by atoms with E-state index in [9.17, 15) is 8.42 Å². The molecule has 1 heterocycles. The molecule has 108 valence electrons. The van der Waals surface area contributed by atoms with Gasteiger partial charge in [0.1, 0.15) is 0 Å². The summed E-state index contributed by atoms with van der Waals surface area (Å²) in [7, 11) is -3.59. The van der Waals surface area contributed by atoms with E-state index in [0.717, 1.165) is 5.56 Å². The normalized spacial score (nSPS) is 11.7. The van der Waals surface area contributed by atoms with Crippen molar-refractivity contribution in [1.82, 2.24) is 4.72 Å². The Balaban J connectivity index is 2.10. The molecular formula is C13H15ClN2O2S2. The first-order valence-corrected chi connectivity index (χ1v) is 8.77. The molecule has 4 nitrogen and oxygen atoms in total. The molecule has 0 fully saturated rings. The fraction of sp³-hybridized carbons (Fsp3) is 0.231. The van der Waals surface area contributed by atoms with E-state index in [4.69, 9.17) is 17.3 Å². The molecule has 0 atom stereocenters. The average Bonchev–Trinajstić information content (AvgIpc) is 2.88. The van der Waals surface area contributed by atoms with Gasteiger partial charge in [0.25, 0.3) is 0 Å². The molecule has 3 N–H and O–H groups in total. The summed E-state index contributed by atoms with van der Waals surface area (Å²) in [5.41, 5.74) is 7.91. The minimum atomic E-state index is -3.59. The summed E-state index contributed by atoms with van der Waals surface area (Å²) in [6, 6.07) is 4.81. The van der Waals surface area contributed by atoms with Gasteiger partial charge in [-0.2, -0.15) is 11.3 Å². The fourth-order valence-corrected chi connectivity index (χ4v) is 3.76. The molecule has 2 aromatic rings. The van der Waals surface area contributed by atoms with Crippen LogP contribution in [-0.4, -0.2) is 15.0 Å². The molecule has 0 aliphatic carbocycles. The van der Waals surface area contributed by atoms with Gasteiger partial charge >= 0.3 is 0 Å². The third-order valence-corrected chi connectivity index (χ3v) is 5.52. The number of nitrogens with two attached hydrogens (primary N) is 1. The molecule has 0 aliphatic rings. The van der Waals surface area contributed by atoms with Crippen LogP contribution in [0, 0.1) is 6.92 Å². The predicted octanol–water partition coefficient (Wildman–Crippen LogP) is 2.81. The SMILES string of the molecule is Cc1c(N)cc(S(=O)(=O)NCCc2ccsc2)cc1Cl. The highest BCUT2D eigenvalue weighted by molar-refractivity contribution is 7.89. The number of nitrogens with one attached hydrogen (secondary N) is 1. The summed E-state index contributed by atoms with van der Waals surface area (Å²) in [5.74, 6) is 0. The molecule has 0 saturated heterocycles. The number of hydrogen-bond acceptors (Lipinski definition) is 4. The number of anilines is 1. The zero-order valence-corrected chi connectivity index (χ0v) is 13.3. The van der Waals surface area contributed by atoms with Crippen LogP contribution in [0.5, 0.6) is 0 Å². The molecular weight excluding hydrogens is 316 g/mol. The van der Waals surface area contributed by atoms with E-state index in [1.807, 2.05) is 16.8 Å². The Hall–Kier alpha value is -1.08. The van der Waals surface area contributed by atoms with Gasteiger partial charge in [-0.15, -0.1) is 0 Å². The highest BCUT2D eigenvalue weighted by atomic mass is 35.5. The van der Waals surface area contributed by atoms with Crippen molar-refractivity contribution in [2.24, 2.45) is 0 Å². The van der Waals surface area contributed by atoms with E-state index in [2.05, 4.69) is 4.72 Å². The van der Waals surface area contributed by atoms with E-state index < -0.39 is 10.0 Å². The maximum absolute atomic E-state index is 12.2. The van der Waals surface area contributed by atoms with Gasteiger partial charge in [-0.1, -0.05) is 11.6 Å². The van der Waals surface area contributed by atoms with Crippen LogP contribution in [0.25, 0.3) is 0 Å². The standard InChI is InChI=1S/C13H15ClN2O2S2/c1-9-12(14)6-11(7-13(9)15)20(17,18)16-4-2-10-3-5-19-8-10/h3,5-8,16H,2,4,15H2,1H3.